The number of nitrogens with one attached hydrogen (secondary N) is 1. The highest BCUT2D eigenvalue weighted by Gasteiger charge is 2.22. The fourth-order valence-corrected chi connectivity index (χ4v) is 2.58. The van der Waals surface area contributed by atoms with E-state index < -0.39 is 22.9 Å². The molecule has 1 aromatic carbocycles. The van der Waals surface area contributed by atoms with E-state index in [1.807, 2.05) is 13.0 Å². The van der Waals surface area contributed by atoms with Crippen LogP contribution in [-0.2, 0) is 9.53 Å². The van der Waals surface area contributed by atoms with Crippen LogP contribution in [0, 0.1) is 17.0 Å². The highest BCUT2D eigenvalue weighted by atomic mass is 35.5. The number of rotatable bonds is 5. The Kier molecular flexibility index (Phi) is 5.27. The van der Waals surface area contributed by atoms with E-state index in [0.29, 0.717) is 5.65 Å². The van der Waals surface area contributed by atoms with Crippen molar-refractivity contribution in [1.82, 2.24) is 9.38 Å². The SMILES string of the molecule is Cc1ccn2cc(C(=O)OC(C)C(=O)Nc3cc([N+](=O)[O-])ccc3Cl)nc2c1. The number of benzene rings is 1. The number of esters is 1. The van der Waals surface area contributed by atoms with Gasteiger partial charge in [-0.05, 0) is 37.6 Å². The number of ether oxygens (including phenoxy) is 1. The Balaban J connectivity index is 1.70. The van der Waals surface area contributed by atoms with Crippen molar-refractivity contribution in [3.63, 3.8) is 0 Å². The molecule has 0 saturated heterocycles. The van der Waals surface area contributed by atoms with E-state index in [9.17, 15) is 19.7 Å². The van der Waals surface area contributed by atoms with Gasteiger partial charge in [-0.2, -0.15) is 0 Å². The molecule has 0 spiro atoms. The minimum Gasteiger partial charge on any atom is -0.448 e. The topological polar surface area (TPSA) is 116 Å². The number of hydrogen-bond donors (Lipinski definition) is 1. The molecule has 2 heterocycles. The number of nitro groups is 1. The summed E-state index contributed by atoms with van der Waals surface area (Å²) >= 11 is 5.95. The van der Waals surface area contributed by atoms with Crippen molar-refractivity contribution in [3.8, 4) is 0 Å². The molecule has 144 valence electrons. The summed E-state index contributed by atoms with van der Waals surface area (Å²) in [7, 11) is 0. The summed E-state index contributed by atoms with van der Waals surface area (Å²) in [5, 5.41) is 13.4. The second kappa shape index (κ2) is 7.65. The Bertz CT molecular complexity index is 1090. The number of anilines is 1. The number of carbonyl (C=O) groups excluding carboxylic acids is 2. The lowest BCUT2D eigenvalue weighted by Gasteiger charge is -2.13. The summed E-state index contributed by atoms with van der Waals surface area (Å²) in [6.07, 6.45) is 2.09. The molecule has 2 aromatic heterocycles. The summed E-state index contributed by atoms with van der Waals surface area (Å²) in [6, 6.07) is 7.30. The summed E-state index contributed by atoms with van der Waals surface area (Å²) < 4.78 is 6.81. The standard InChI is InChI=1S/C18H15ClN4O5/c1-10-5-6-22-9-15(20-16(22)7-10)18(25)28-11(2)17(24)21-14-8-12(23(26)27)3-4-13(14)19/h3-9,11H,1-2H3,(H,21,24). The molecule has 0 aliphatic rings. The molecular weight excluding hydrogens is 388 g/mol. The quantitative estimate of drug-likeness (QED) is 0.397. The molecule has 1 atom stereocenters. The number of aryl methyl sites for hydroxylation is 1. The average molecular weight is 403 g/mol. The summed E-state index contributed by atoms with van der Waals surface area (Å²) in [5.41, 5.74) is 1.43. The van der Waals surface area contributed by atoms with Gasteiger partial charge in [0, 0.05) is 24.5 Å². The number of aromatic nitrogens is 2. The number of amides is 1. The third-order valence-corrected chi connectivity index (χ3v) is 4.23. The number of non-ortho nitro benzene ring substituents is 1. The van der Waals surface area contributed by atoms with Gasteiger partial charge in [0.25, 0.3) is 11.6 Å². The molecule has 9 nitrogen and oxygen atoms in total. The minimum atomic E-state index is -1.17. The van der Waals surface area contributed by atoms with Crippen LogP contribution in [0.1, 0.15) is 23.0 Å². The van der Waals surface area contributed by atoms with E-state index >= 15 is 0 Å². The van der Waals surface area contributed by atoms with Gasteiger partial charge in [-0.15, -0.1) is 0 Å². The van der Waals surface area contributed by atoms with Gasteiger partial charge in [0.05, 0.1) is 15.6 Å². The molecule has 3 rings (SSSR count). The van der Waals surface area contributed by atoms with Gasteiger partial charge in [0.1, 0.15) is 5.65 Å². The molecule has 1 N–H and O–H groups in total. The van der Waals surface area contributed by atoms with E-state index in [1.165, 1.54) is 25.3 Å². The molecule has 0 fully saturated rings. The van der Waals surface area contributed by atoms with Crippen LogP contribution in [0.5, 0.6) is 0 Å². The lowest BCUT2D eigenvalue weighted by atomic mass is 10.2. The van der Waals surface area contributed by atoms with Crippen molar-refractivity contribution >= 4 is 40.5 Å². The zero-order valence-corrected chi connectivity index (χ0v) is 15.6. The number of fused-ring (bicyclic) bond motifs is 1. The zero-order valence-electron chi connectivity index (χ0n) is 14.9. The fraction of sp³-hybridized carbons (Fsp3) is 0.167. The number of pyridine rings is 1. The van der Waals surface area contributed by atoms with Crippen LogP contribution in [0.25, 0.3) is 5.65 Å². The predicted octanol–water partition coefficient (Wildman–Crippen LogP) is 3.39. The van der Waals surface area contributed by atoms with Gasteiger partial charge >= 0.3 is 5.97 Å². The van der Waals surface area contributed by atoms with E-state index in [1.54, 1.807) is 16.7 Å². The van der Waals surface area contributed by atoms with Crippen molar-refractivity contribution in [3.05, 3.63) is 69.1 Å². The molecule has 0 bridgehead atoms. The summed E-state index contributed by atoms with van der Waals surface area (Å²) in [6.45, 7) is 3.27. The molecule has 3 aromatic rings. The van der Waals surface area contributed by atoms with Crippen molar-refractivity contribution in [2.45, 2.75) is 20.0 Å². The maximum absolute atomic E-state index is 12.3. The number of halogens is 1. The van der Waals surface area contributed by atoms with Crippen LogP contribution in [0.2, 0.25) is 5.02 Å². The van der Waals surface area contributed by atoms with Gasteiger partial charge < -0.3 is 14.5 Å². The van der Waals surface area contributed by atoms with Crippen LogP contribution in [0.3, 0.4) is 0 Å². The maximum Gasteiger partial charge on any atom is 0.359 e. The van der Waals surface area contributed by atoms with E-state index in [4.69, 9.17) is 16.3 Å². The second-order valence-corrected chi connectivity index (χ2v) is 6.46. The van der Waals surface area contributed by atoms with Gasteiger partial charge in [-0.1, -0.05) is 11.6 Å². The smallest absolute Gasteiger partial charge is 0.359 e. The summed E-state index contributed by atoms with van der Waals surface area (Å²) in [5.74, 6) is -1.45. The lowest BCUT2D eigenvalue weighted by molar-refractivity contribution is -0.384. The summed E-state index contributed by atoms with van der Waals surface area (Å²) in [4.78, 5) is 39.0. The first-order valence-electron chi connectivity index (χ1n) is 8.16. The third kappa shape index (κ3) is 4.09. The van der Waals surface area contributed by atoms with E-state index in [0.717, 1.165) is 11.6 Å². The second-order valence-electron chi connectivity index (χ2n) is 6.05. The Morgan fingerprint density at radius 1 is 1.32 bits per heavy atom. The fourth-order valence-electron chi connectivity index (χ4n) is 2.41. The predicted molar refractivity (Wildman–Crippen MR) is 102 cm³/mol. The molecule has 28 heavy (non-hydrogen) atoms. The first-order chi connectivity index (χ1) is 13.2. The van der Waals surface area contributed by atoms with E-state index in [2.05, 4.69) is 10.3 Å². The first-order valence-corrected chi connectivity index (χ1v) is 8.53. The lowest BCUT2D eigenvalue weighted by Crippen LogP contribution is -2.30. The maximum atomic E-state index is 12.3. The van der Waals surface area contributed by atoms with Crippen molar-refractivity contribution < 1.29 is 19.2 Å². The molecule has 1 unspecified atom stereocenters. The van der Waals surface area contributed by atoms with Crippen LogP contribution in [-0.4, -0.2) is 32.3 Å². The molecule has 10 heteroatoms. The molecule has 0 saturated carbocycles. The monoisotopic (exact) mass is 402 g/mol. The van der Waals surface area contributed by atoms with Gasteiger partial charge in [-0.3, -0.25) is 14.9 Å². The Morgan fingerprint density at radius 3 is 2.79 bits per heavy atom. The highest BCUT2D eigenvalue weighted by molar-refractivity contribution is 6.33. The first kappa shape index (κ1) is 19.3. The average Bonchev–Trinajstić information content (AvgIpc) is 3.06. The largest absolute Gasteiger partial charge is 0.448 e. The van der Waals surface area contributed by atoms with Crippen LogP contribution in [0.4, 0.5) is 11.4 Å². The number of imidazole rings is 1. The van der Waals surface area contributed by atoms with Crippen LogP contribution < -0.4 is 5.32 Å². The number of nitro benzene ring substituents is 1. The zero-order chi connectivity index (χ0) is 20.4. The Morgan fingerprint density at radius 2 is 2.07 bits per heavy atom. The normalized spacial score (nSPS) is 11.8. The Hall–Kier alpha value is -3.46. The van der Waals surface area contributed by atoms with Crippen molar-refractivity contribution in [2.24, 2.45) is 0 Å². The van der Waals surface area contributed by atoms with Gasteiger partial charge in [-0.25, -0.2) is 9.78 Å². The Labute approximate surface area is 164 Å². The van der Waals surface area contributed by atoms with Crippen LogP contribution >= 0.6 is 11.6 Å². The van der Waals surface area contributed by atoms with E-state index in [-0.39, 0.29) is 22.1 Å². The van der Waals surface area contributed by atoms with Crippen molar-refractivity contribution in [2.75, 3.05) is 5.32 Å². The number of carbonyl (C=O) groups is 2. The highest BCUT2D eigenvalue weighted by Crippen LogP contribution is 2.27. The van der Waals surface area contributed by atoms with Crippen molar-refractivity contribution in [1.29, 1.82) is 0 Å². The molecule has 0 aliphatic carbocycles. The number of hydrogen-bond acceptors (Lipinski definition) is 6. The molecule has 0 radical (unpaired) electrons. The van der Waals surface area contributed by atoms with Gasteiger partial charge in [0.15, 0.2) is 11.8 Å². The molecular formula is C18H15ClN4O5. The molecule has 1 amide bonds. The third-order valence-electron chi connectivity index (χ3n) is 3.90. The minimum absolute atomic E-state index is 0.0481. The van der Waals surface area contributed by atoms with Crippen LogP contribution in [0.15, 0.2) is 42.7 Å². The molecule has 0 aliphatic heterocycles. The number of nitrogens with zero attached hydrogens (tertiary/aromatic N) is 3. The van der Waals surface area contributed by atoms with Gasteiger partial charge in [0.2, 0.25) is 0 Å².